The summed E-state index contributed by atoms with van der Waals surface area (Å²) in [7, 11) is -3.71. The van der Waals surface area contributed by atoms with Gasteiger partial charge in [-0.2, -0.15) is 4.31 Å². The van der Waals surface area contributed by atoms with Crippen LogP contribution in [-0.4, -0.2) is 68.2 Å². The smallest absolute Gasteiger partial charge is 0.244 e. The number of carbonyl (C=O) groups excluding carboxylic acids is 3. The molecule has 2 heterocycles. The lowest BCUT2D eigenvalue weighted by atomic mass is 10.2. The van der Waals surface area contributed by atoms with Crippen LogP contribution >= 0.6 is 0 Å². The molecule has 1 N–H and O–H groups in total. The van der Waals surface area contributed by atoms with Crippen molar-refractivity contribution in [2.24, 2.45) is 0 Å². The second-order valence-electron chi connectivity index (χ2n) is 6.42. The van der Waals surface area contributed by atoms with Crippen LogP contribution in [0.25, 0.3) is 0 Å². The van der Waals surface area contributed by atoms with E-state index in [4.69, 9.17) is 4.74 Å². The molecular formula is C17H21N3O6S. The maximum Gasteiger partial charge on any atom is 0.244 e. The molecule has 0 bridgehead atoms. The average Bonchev–Trinajstić information content (AvgIpc) is 2.96. The molecular weight excluding hydrogens is 374 g/mol. The van der Waals surface area contributed by atoms with Gasteiger partial charge in [0.2, 0.25) is 27.7 Å². The van der Waals surface area contributed by atoms with Gasteiger partial charge in [0.1, 0.15) is 6.54 Å². The average molecular weight is 395 g/mol. The van der Waals surface area contributed by atoms with Crippen molar-refractivity contribution in [2.75, 3.05) is 38.2 Å². The number of imide groups is 1. The third kappa shape index (κ3) is 4.18. The van der Waals surface area contributed by atoms with E-state index in [0.717, 1.165) is 4.90 Å². The zero-order valence-corrected chi connectivity index (χ0v) is 15.8. The van der Waals surface area contributed by atoms with Crippen LogP contribution in [0.1, 0.15) is 18.4 Å². The van der Waals surface area contributed by atoms with E-state index in [9.17, 15) is 22.8 Å². The number of nitrogens with one attached hydrogen (secondary N) is 1. The van der Waals surface area contributed by atoms with Crippen molar-refractivity contribution >= 4 is 33.4 Å². The van der Waals surface area contributed by atoms with Gasteiger partial charge in [0.25, 0.3) is 0 Å². The van der Waals surface area contributed by atoms with Crippen molar-refractivity contribution in [3.05, 3.63) is 23.8 Å². The fraction of sp³-hybridized carbons (Fsp3) is 0.471. The molecule has 3 amide bonds. The maximum absolute atomic E-state index is 12.9. The van der Waals surface area contributed by atoms with Gasteiger partial charge in [0.05, 0.1) is 18.1 Å². The lowest BCUT2D eigenvalue weighted by molar-refractivity contribution is -0.141. The molecule has 0 unspecified atom stereocenters. The van der Waals surface area contributed by atoms with Gasteiger partial charge >= 0.3 is 0 Å². The Hall–Kier alpha value is -2.30. The number of carbonyl (C=O) groups is 3. The van der Waals surface area contributed by atoms with E-state index >= 15 is 0 Å². The largest absolute Gasteiger partial charge is 0.379 e. The lowest BCUT2D eigenvalue weighted by Crippen LogP contribution is -2.40. The van der Waals surface area contributed by atoms with Crippen molar-refractivity contribution in [3.63, 3.8) is 0 Å². The molecule has 2 fully saturated rings. The third-order valence-electron chi connectivity index (χ3n) is 4.52. The van der Waals surface area contributed by atoms with E-state index < -0.39 is 15.9 Å². The number of benzene rings is 1. The lowest BCUT2D eigenvalue weighted by Gasteiger charge is -2.27. The van der Waals surface area contributed by atoms with E-state index in [-0.39, 0.29) is 54.9 Å². The van der Waals surface area contributed by atoms with Gasteiger partial charge in [0.15, 0.2) is 0 Å². The molecule has 0 aliphatic carbocycles. The molecule has 27 heavy (non-hydrogen) atoms. The van der Waals surface area contributed by atoms with Gasteiger partial charge < -0.3 is 10.1 Å². The summed E-state index contributed by atoms with van der Waals surface area (Å²) >= 11 is 0. The van der Waals surface area contributed by atoms with Crippen LogP contribution in [0.3, 0.4) is 0 Å². The SMILES string of the molecule is Cc1ccc(NC(=O)CN2C(=O)CCC2=O)cc1S(=O)(=O)N1CCOCC1. The standard InChI is InChI=1S/C17H21N3O6S/c1-12-2-3-13(18-15(21)11-20-16(22)4-5-17(20)23)10-14(12)27(24,25)19-6-8-26-9-7-19/h2-3,10H,4-9,11H2,1H3,(H,18,21). The number of nitrogens with zero attached hydrogens (tertiary/aromatic N) is 2. The topological polar surface area (TPSA) is 113 Å². The van der Waals surface area contributed by atoms with Crippen molar-refractivity contribution in [1.82, 2.24) is 9.21 Å². The van der Waals surface area contributed by atoms with Gasteiger partial charge in [-0.15, -0.1) is 0 Å². The molecule has 3 rings (SSSR count). The number of sulfonamides is 1. The maximum atomic E-state index is 12.9. The summed E-state index contributed by atoms with van der Waals surface area (Å²) in [6, 6.07) is 4.58. The number of anilines is 1. The molecule has 0 atom stereocenters. The molecule has 0 aromatic heterocycles. The van der Waals surface area contributed by atoms with Crippen LogP contribution < -0.4 is 5.32 Å². The monoisotopic (exact) mass is 395 g/mol. The van der Waals surface area contributed by atoms with Gasteiger partial charge in [-0.25, -0.2) is 8.42 Å². The number of amides is 3. The first-order valence-electron chi connectivity index (χ1n) is 8.60. The zero-order chi connectivity index (χ0) is 19.6. The number of aryl methyl sites for hydroxylation is 1. The molecule has 2 aliphatic rings. The molecule has 0 saturated carbocycles. The summed E-state index contributed by atoms with van der Waals surface area (Å²) in [6.07, 6.45) is 0.219. The van der Waals surface area contributed by atoms with Crippen LogP contribution in [0.2, 0.25) is 0 Å². The number of rotatable bonds is 5. The van der Waals surface area contributed by atoms with Gasteiger partial charge in [0, 0.05) is 31.6 Å². The quantitative estimate of drug-likeness (QED) is 0.708. The molecule has 0 radical (unpaired) electrons. The highest BCUT2D eigenvalue weighted by molar-refractivity contribution is 7.89. The Morgan fingerprint density at radius 1 is 1.15 bits per heavy atom. The van der Waals surface area contributed by atoms with Crippen LogP contribution in [0, 0.1) is 6.92 Å². The summed E-state index contributed by atoms with van der Waals surface area (Å²) < 4.78 is 32.3. The molecule has 0 spiro atoms. The van der Waals surface area contributed by atoms with Crippen molar-refractivity contribution < 1.29 is 27.5 Å². The first kappa shape index (κ1) is 19.5. The Morgan fingerprint density at radius 3 is 2.41 bits per heavy atom. The highest BCUT2D eigenvalue weighted by atomic mass is 32.2. The van der Waals surface area contributed by atoms with Crippen LogP contribution in [0.4, 0.5) is 5.69 Å². The Morgan fingerprint density at radius 2 is 1.78 bits per heavy atom. The summed E-state index contributed by atoms with van der Waals surface area (Å²) in [6.45, 7) is 2.53. The third-order valence-corrected chi connectivity index (χ3v) is 6.56. The Labute approximate surface area is 157 Å². The Kier molecular flexibility index (Phi) is 5.59. The minimum Gasteiger partial charge on any atom is -0.379 e. The Bertz CT molecular complexity index is 861. The highest BCUT2D eigenvalue weighted by Crippen LogP contribution is 2.24. The summed E-state index contributed by atoms with van der Waals surface area (Å²) in [5.41, 5.74) is 0.848. The molecule has 2 saturated heterocycles. The molecule has 146 valence electrons. The number of morpholine rings is 1. The molecule has 1 aromatic carbocycles. The number of likely N-dealkylation sites (tertiary alicyclic amines) is 1. The molecule has 9 nitrogen and oxygen atoms in total. The first-order chi connectivity index (χ1) is 12.8. The van der Waals surface area contributed by atoms with Crippen molar-refractivity contribution in [1.29, 1.82) is 0 Å². The van der Waals surface area contributed by atoms with Gasteiger partial charge in [-0.3, -0.25) is 19.3 Å². The van der Waals surface area contributed by atoms with Crippen molar-refractivity contribution in [3.8, 4) is 0 Å². The zero-order valence-electron chi connectivity index (χ0n) is 14.9. The van der Waals surface area contributed by atoms with E-state index in [0.29, 0.717) is 18.8 Å². The van der Waals surface area contributed by atoms with Gasteiger partial charge in [-0.05, 0) is 24.6 Å². The Balaban J connectivity index is 1.76. The van der Waals surface area contributed by atoms with Crippen LogP contribution in [0.5, 0.6) is 0 Å². The second kappa shape index (κ2) is 7.75. The minimum absolute atomic E-state index is 0.107. The number of ether oxygens (including phenoxy) is 1. The number of hydrogen-bond acceptors (Lipinski definition) is 6. The number of hydrogen-bond donors (Lipinski definition) is 1. The first-order valence-corrected chi connectivity index (χ1v) is 10.0. The van der Waals surface area contributed by atoms with E-state index in [1.807, 2.05) is 0 Å². The predicted octanol–water partition coefficient (Wildman–Crippen LogP) is 0.103. The summed E-state index contributed by atoms with van der Waals surface area (Å²) in [4.78, 5) is 36.4. The molecule has 1 aromatic rings. The van der Waals surface area contributed by atoms with E-state index in [1.165, 1.54) is 10.4 Å². The van der Waals surface area contributed by atoms with E-state index in [1.54, 1.807) is 19.1 Å². The van der Waals surface area contributed by atoms with Crippen LogP contribution in [0.15, 0.2) is 23.1 Å². The van der Waals surface area contributed by atoms with Crippen molar-refractivity contribution in [2.45, 2.75) is 24.7 Å². The van der Waals surface area contributed by atoms with E-state index in [2.05, 4.69) is 5.32 Å². The normalized spacial score (nSPS) is 18.8. The van der Waals surface area contributed by atoms with Crippen LogP contribution in [-0.2, 0) is 29.1 Å². The summed E-state index contributed by atoms with van der Waals surface area (Å²) in [5.74, 6) is -1.32. The molecule has 2 aliphatic heterocycles. The fourth-order valence-electron chi connectivity index (χ4n) is 3.03. The fourth-order valence-corrected chi connectivity index (χ4v) is 4.68. The predicted molar refractivity (Wildman–Crippen MR) is 95.3 cm³/mol. The van der Waals surface area contributed by atoms with Gasteiger partial charge in [-0.1, -0.05) is 6.07 Å². The highest BCUT2D eigenvalue weighted by Gasteiger charge is 2.31. The summed E-state index contributed by atoms with van der Waals surface area (Å²) in [5, 5.41) is 2.56. The second-order valence-corrected chi connectivity index (χ2v) is 8.32. The minimum atomic E-state index is -3.71. The molecule has 10 heteroatoms.